The molecule has 1 saturated heterocycles. The molecule has 8 heteroatoms. The normalized spacial score (nSPS) is 38.3. The fourth-order valence-electron chi connectivity index (χ4n) is 5.44. The van der Waals surface area contributed by atoms with E-state index in [9.17, 15) is 13.5 Å². The van der Waals surface area contributed by atoms with Crippen molar-refractivity contribution >= 4 is 10.4 Å². The zero-order valence-electron chi connectivity index (χ0n) is 13.6. The second-order valence-corrected chi connectivity index (χ2v) is 8.48. The molecule has 134 valence electrons. The summed E-state index contributed by atoms with van der Waals surface area (Å²) in [5.74, 6) is 0.639. The maximum absolute atomic E-state index is 11.3. The van der Waals surface area contributed by atoms with Crippen molar-refractivity contribution in [3.8, 4) is 11.5 Å². The van der Waals surface area contributed by atoms with E-state index in [1.807, 2.05) is 12.1 Å². The largest absolute Gasteiger partial charge is 0.504 e. The van der Waals surface area contributed by atoms with Gasteiger partial charge in [-0.3, -0.25) is 4.55 Å². The van der Waals surface area contributed by atoms with Crippen molar-refractivity contribution in [1.82, 2.24) is 4.90 Å². The van der Waals surface area contributed by atoms with Gasteiger partial charge < -0.3 is 14.7 Å². The molecular weight excluding hydrogens is 346 g/mol. The molecule has 0 amide bonds. The number of likely N-dealkylation sites (tertiary alicyclic amines) is 1. The molecule has 25 heavy (non-hydrogen) atoms. The van der Waals surface area contributed by atoms with Crippen LogP contribution in [0.2, 0.25) is 0 Å². The van der Waals surface area contributed by atoms with Gasteiger partial charge in [-0.2, -0.15) is 8.42 Å². The van der Waals surface area contributed by atoms with Crippen molar-refractivity contribution in [1.29, 1.82) is 0 Å². The monoisotopic (exact) mass is 365 g/mol. The molecule has 5 rings (SSSR count). The van der Waals surface area contributed by atoms with E-state index in [0.29, 0.717) is 5.75 Å². The fourth-order valence-corrected chi connectivity index (χ4v) is 5.89. The standard InChI is InChI=1S/C17H19NO6S/c1-18-7-6-17-10-3-5-13(24-25(20,21)22)16(17)23-15-12(19)4-2-9(14(15)17)8-11(10)18/h2-5,10-11,13,16,19H,6-8H2,1H3,(H,20,21,22). The number of hydrogen-bond donors (Lipinski definition) is 2. The Hall–Kier alpha value is -1.61. The summed E-state index contributed by atoms with van der Waals surface area (Å²) in [5.41, 5.74) is 1.67. The first-order valence-electron chi connectivity index (χ1n) is 8.37. The summed E-state index contributed by atoms with van der Waals surface area (Å²) in [6.45, 7) is 0.849. The summed E-state index contributed by atoms with van der Waals surface area (Å²) in [6.07, 6.45) is 3.78. The summed E-state index contributed by atoms with van der Waals surface area (Å²) in [7, 11) is -2.51. The number of benzene rings is 1. The highest BCUT2D eigenvalue weighted by molar-refractivity contribution is 7.80. The average Bonchev–Trinajstić information content (AvgIpc) is 2.88. The Bertz CT molecular complexity index is 897. The van der Waals surface area contributed by atoms with Crippen LogP contribution in [-0.4, -0.2) is 54.8 Å². The van der Waals surface area contributed by atoms with Gasteiger partial charge in [-0.15, -0.1) is 0 Å². The molecule has 2 aliphatic carbocycles. The minimum Gasteiger partial charge on any atom is -0.504 e. The maximum atomic E-state index is 11.3. The minimum atomic E-state index is -4.61. The third kappa shape index (κ3) is 1.93. The Kier molecular flexibility index (Phi) is 2.98. The Morgan fingerprint density at radius 1 is 1.36 bits per heavy atom. The number of ether oxygens (including phenoxy) is 1. The van der Waals surface area contributed by atoms with Gasteiger partial charge in [0.15, 0.2) is 11.5 Å². The highest BCUT2D eigenvalue weighted by Gasteiger charge is 2.65. The molecule has 1 aromatic carbocycles. The summed E-state index contributed by atoms with van der Waals surface area (Å²) >= 11 is 0. The quantitative estimate of drug-likeness (QED) is 0.597. The summed E-state index contributed by atoms with van der Waals surface area (Å²) in [4.78, 5) is 2.33. The first kappa shape index (κ1) is 15.6. The third-order valence-corrected chi connectivity index (χ3v) is 6.83. The van der Waals surface area contributed by atoms with Crippen molar-refractivity contribution in [2.75, 3.05) is 13.6 Å². The first-order chi connectivity index (χ1) is 11.8. The number of nitrogens with zero attached hydrogens (tertiary/aromatic N) is 1. The number of piperidine rings is 1. The van der Waals surface area contributed by atoms with Gasteiger partial charge >= 0.3 is 10.4 Å². The van der Waals surface area contributed by atoms with Crippen LogP contribution < -0.4 is 4.74 Å². The SMILES string of the molecule is CN1CCC23c4c5ccc(O)c4OC2C(OS(=O)(=O)O)C=CC3C1C5. The minimum absolute atomic E-state index is 0.0595. The van der Waals surface area contributed by atoms with Crippen LogP contribution in [0.4, 0.5) is 0 Å². The maximum Gasteiger partial charge on any atom is 0.398 e. The van der Waals surface area contributed by atoms with E-state index < -0.39 is 28.0 Å². The van der Waals surface area contributed by atoms with E-state index >= 15 is 0 Å². The van der Waals surface area contributed by atoms with Gasteiger partial charge in [0.1, 0.15) is 12.2 Å². The Labute approximate surface area is 145 Å². The molecular formula is C17H19NO6S. The van der Waals surface area contributed by atoms with E-state index in [1.54, 1.807) is 12.1 Å². The Balaban J connectivity index is 1.74. The van der Waals surface area contributed by atoms with E-state index in [4.69, 9.17) is 13.5 Å². The van der Waals surface area contributed by atoms with Gasteiger partial charge in [0.2, 0.25) is 0 Å². The molecule has 1 spiro atoms. The average molecular weight is 365 g/mol. The summed E-state index contributed by atoms with van der Waals surface area (Å²) in [5, 5.41) is 10.3. The highest BCUT2D eigenvalue weighted by atomic mass is 32.3. The lowest BCUT2D eigenvalue weighted by Crippen LogP contribution is -2.65. The van der Waals surface area contributed by atoms with Gasteiger partial charge in [-0.1, -0.05) is 18.2 Å². The number of phenols is 1. The van der Waals surface area contributed by atoms with Gasteiger partial charge in [0.25, 0.3) is 0 Å². The predicted octanol–water partition coefficient (Wildman–Crippen LogP) is 1.03. The molecule has 2 aliphatic heterocycles. The van der Waals surface area contributed by atoms with Crippen molar-refractivity contribution in [2.45, 2.75) is 36.5 Å². The zero-order valence-corrected chi connectivity index (χ0v) is 14.4. The highest BCUT2D eigenvalue weighted by Crippen LogP contribution is 2.62. The van der Waals surface area contributed by atoms with Crippen molar-refractivity contribution in [3.05, 3.63) is 35.4 Å². The summed E-state index contributed by atoms with van der Waals surface area (Å²) < 4.78 is 42.8. The third-order valence-electron chi connectivity index (χ3n) is 6.36. The smallest absolute Gasteiger partial charge is 0.398 e. The molecule has 2 bridgehead atoms. The molecule has 0 radical (unpaired) electrons. The van der Waals surface area contributed by atoms with Gasteiger partial charge in [-0.05, 0) is 38.1 Å². The van der Waals surface area contributed by atoms with Crippen molar-refractivity contribution in [2.24, 2.45) is 5.92 Å². The summed E-state index contributed by atoms with van der Waals surface area (Å²) in [6, 6.07) is 3.84. The molecule has 2 heterocycles. The number of likely N-dealkylation sites (N-methyl/N-ethyl adjacent to an activating group) is 1. The first-order valence-corrected chi connectivity index (χ1v) is 9.74. The molecule has 4 aliphatic rings. The van der Waals surface area contributed by atoms with Crippen LogP contribution in [0.3, 0.4) is 0 Å². The second-order valence-electron chi connectivity index (χ2n) is 7.43. The molecule has 0 saturated carbocycles. The molecule has 0 aromatic heterocycles. The zero-order chi connectivity index (χ0) is 17.6. The van der Waals surface area contributed by atoms with Crippen LogP contribution in [0.1, 0.15) is 17.5 Å². The van der Waals surface area contributed by atoms with Crippen LogP contribution >= 0.6 is 0 Å². The van der Waals surface area contributed by atoms with Crippen LogP contribution in [0, 0.1) is 5.92 Å². The lowest BCUT2D eigenvalue weighted by molar-refractivity contribution is -0.0389. The number of aromatic hydroxyl groups is 1. The lowest BCUT2D eigenvalue weighted by atomic mass is 9.53. The van der Waals surface area contributed by atoms with Crippen molar-refractivity contribution in [3.63, 3.8) is 0 Å². The van der Waals surface area contributed by atoms with Crippen LogP contribution in [0.25, 0.3) is 0 Å². The fraction of sp³-hybridized carbons (Fsp3) is 0.529. The van der Waals surface area contributed by atoms with E-state index in [0.717, 1.165) is 30.5 Å². The van der Waals surface area contributed by atoms with Gasteiger partial charge in [-0.25, -0.2) is 4.18 Å². The van der Waals surface area contributed by atoms with Crippen LogP contribution in [-0.2, 0) is 26.4 Å². The molecule has 7 nitrogen and oxygen atoms in total. The number of phenolic OH excluding ortho intramolecular Hbond substituents is 1. The molecule has 5 atom stereocenters. The molecule has 1 fully saturated rings. The van der Waals surface area contributed by atoms with Crippen LogP contribution in [0.15, 0.2) is 24.3 Å². The molecule has 1 aromatic rings. The van der Waals surface area contributed by atoms with E-state index in [-0.39, 0.29) is 17.7 Å². The second kappa shape index (κ2) is 4.76. The topological polar surface area (TPSA) is 96.3 Å². The van der Waals surface area contributed by atoms with Gasteiger partial charge in [0.05, 0.1) is 0 Å². The lowest BCUT2D eigenvalue weighted by Gasteiger charge is -2.56. The number of rotatable bonds is 2. The number of hydrogen-bond acceptors (Lipinski definition) is 6. The molecule has 2 N–H and O–H groups in total. The van der Waals surface area contributed by atoms with E-state index in [1.165, 1.54) is 0 Å². The van der Waals surface area contributed by atoms with E-state index in [2.05, 4.69) is 11.9 Å². The Morgan fingerprint density at radius 2 is 2.16 bits per heavy atom. The molecule has 5 unspecified atom stereocenters. The Morgan fingerprint density at radius 3 is 2.92 bits per heavy atom. The van der Waals surface area contributed by atoms with Gasteiger partial charge in [0, 0.05) is 22.9 Å². The van der Waals surface area contributed by atoms with Crippen LogP contribution in [0.5, 0.6) is 11.5 Å². The van der Waals surface area contributed by atoms with Crippen molar-refractivity contribution < 1.29 is 27.0 Å². The predicted molar refractivity (Wildman–Crippen MR) is 88.0 cm³/mol.